The van der Waals surface area contributed by atoms with Gasteiger partial charge in [0.2, 0.25) is 5.88 Å². The van der Waals surface area contributed by atoms with E-state index in [4.69, 9.17) is 4.74 Å². The van der Waals surface area contributed by atoms with Crippen LogP contribution in [-0.4, -0.2) is 55.7 Å². The molecule has 1 unspecified atom stereocenters. The number of ether oxygens (including phenoxy) is 1. The van der Waals surface area contributed by atoms with E-state index >= 15 is 0 Å². The van der Waals surface area contributed by atoms with Gasteiger partial charge in [0.25, 0.3) is 5.91 Å². The number of halogens is 1. The van der Waals surface area contributed by atoms with Crippen molar-refractivity contribution < 1.29 is 13.9 Å². The normalized spacial score (nSPS) is 16.5. The van der Waals surface area contributed by atoms with Crippen molar-refractivity contribution in [2.45, 2.75) is 26.7 Å². The van der Waals surface area contributed by atoms with Gasteiger partial charge in [0.1, 0.15) is 11.5 Å². The Morgan fingerprint density at radius 2 is 2.13 bits per heavy atom. The molecule has 156 valence electrons. The Hall–Kier alpha value is -3.36. The molecule has 1 aromatic carbocycles. The third-order valence-electron chi connectivity index (χ3n) is 5.47. The lowest BCUT2D eigenvalue weighted by molar-refractivity contribution is 0.0630. The van der Waals surface area contributed by atoms with Crippen LogP contribution < -0.4 is 4.74 Å². The van der Waals surface area contributed by atoms with Crippen LogP contribution in [0.1, 0.15) is 34.3 Å². The highest BCUT2D eigenvalue weighted by molar-refractivity contribution is 5.99. The van der Waals surface area contributed by atoms with E-state index in [-0.39, 0.29) is 11.8 Å². The predicted octanol–water partition coefficient (Wildman–Crippen LogP) is 2.74. The Morgan fingerprint density at radius 1 is 1.27 bits per heavy atom. The fourth-order valence-corrected chi connectivity index (χ4v) is 3.71. The van der Waals surface area contributed by atoms with Gasteiger partial charge in [-0.25, -0.2) is 9.37 Å². The molecule has 0 radical (unpaired) electrons. The van der Waals surface area contributed by atoms with Crippen LogP contribution in [0.25, 0.3) is 5.69 Å². The minimum atomic E-state index is -0.400. The van der Waals surface area contributed by atoms with Crippen molar-refractivity contribution in [3.8, 4) is 11.6 Å². The molecule has 1 fully saturated rings. The zero-order valence-electron chi connectivity index (χ0n) is 17.0. The van der Waals surface area contributed by atoms with E-state index in [1.165, 1.54) is 23.3 Å². The van der Waals surface area contributed by atoms with E-state index in [2.05, 4.69) is 20.4 Å². The largest absolute Gasteiger partial charge is 0.477 e. The van der Waals surface area contributed by atoms with Crippen molar-refractivity contribution in [1.29, 1.82) is 0 Å². The smallest absolute Gasteiger partial charge is 0.256 e. The Kier molecular flexibility index (Phi) is 5.69. The lowest BCUT2D eigenvalue weighted by Gasteiger charge is -2.33. The van der Waals surface area contributed by atoms with E-state index in [1.54, 1.807) is 0 Å². The van der Waals surface area contributed by atoms with Gasteiger partial charge < -0.3 is 9.64 Å². The fourth-order valence-electron chi connectivity index (χ4n) is 3.71. The molecule has 1 saturated heterocycles. The highest BCUT2D eigenvalue weighted by Crippen LogP contribution is 2.26. The summed E-state index contributed by atoms with van der Waals surface area (Å²) in [4.78, 5) is 20.7. The summed E-state index contributed by atoms with van der Waals surface area (Å²) in [5.74, 6) is 0.109. The van der Waals surface area contributed by atoms with Crippen LogP contribution in [0.15, 0.2) is 36.8 Å². The van der Waals surface area contributed by atoms with Crippen LogP contribution in [0.3, 0.4) is 0 Å². The molecule has 0 N–H and O–H groups in total. The fraction of sp³-hybridized carbons (Fsp3) is 0.381. The molecule has 1 amide bonds. The quantitative estimate of drug-likeness (QED) is 0.643. The number of piperidine rings is 1. The van der Waals surface area contributed by atoms with Crippen molar-refractivity contribution in [3.05, 3.63) is 59.3 Å². The van der Waals surface area contributed by atoms with Crippen LogP contribution in [0.2, 0.25) is 0 Å². The lowest BCUT2D eigenvalue weighted by atomic mass is 9.96. The van der Waals surface area contributed by atoms with Crippen molar-refractivity contribution in [3.63, 3.8) is 0 Å². The molecule has 0 spiro atoms. The third kappa shape index (κ3) is 4.14. The zero-order valence-corrected chi connectivity index (χ0v) is 17.0. The van der Waals surface area contributed by atoms with Gasteiger partial charge in [-0.3, -0.25) is 4.79 Å². The van der Waals surface area contributed by atoms with E-state index in [0.29, 0.717) is 36.8 Å². The standard InChI is InChI=1S/C21H23FN6O2/c1-14-5-7-18(28-25-13-24-26-28)20(15(14)2)21(29)27-9-3-4-16(11-27)12-30-19-8-6-17(22)10-23-19/h5-8,10,13,16H,3-4,9,11-12H2,1-2H3. The summed E-state index contributed by atoms with van der Waals surface area (Å²) in [6.07, 6.45) is 4.32. The van der Waals surface area contributed by atoms with Crippen molar-refractivity contribution in [2.75, 3.05) is 19.7 Å². The molecular weight excluding hydrogens is 387 g/mol. The molecule has 0 bridgehead atoms. The first-order valence-electron chi connectivity index (χ1n) is 9.90. The Morgan fingerprint density at radius 3 is 2.87 bits per heavy atom. The number of aryl methyl sites for hydroxylation is 1. The van der Waals surface area contributed by atoms with Crippen LogP contribution >= 0.6 is 0 Å². The molecule has 9 heteroatoms. The number of nitrogens with zero attached hydrogens (tertiary/aromatic N) is 6. The van der Waals surface area contributed by atoms with Gasteiger partial charge in [0, 0.05) is 25.1 Å². The monoisotopic (exact) mass is 410 g/mol. The molecule has 1 aliphatic rings. The first kappa shape index (κ1) is 19.9. The second-order valence-corrected chi connectivity index (χ2v) is 7.51. The number of amides is 1. The molecule has 4 rings (SSSR count). The molecule has 3 heterocycles. The lowest BCUT2D eigenvalue weighted by Crippen LogP contribution is -2.42. The summed E-state index contributed by atoms with van der Waals surface area (Å²) in [6.45, 7) is 5.60. The highest BCUT2D eigenvalue weighted by Gasteiger charge is 2.28. The van der Waals surface area contributed by atoms with Gasteiger partial charge in [0.15, 0.2) is 6.33 Å². The van der Waals surface area contributed by atoms with Crippen LogP contribution in [0, 0.1) is 25.6 Å². The van der Waals surface area contributed by atoms with Crippen molar-refractivity contribution >= 4 is 5.91 Å². The molecule has 2 aromatic heterocycles. The summed E-state index contributed by atoms with van der Waals surface area (Å²) < 4.78 is 18.7. The van der Waals surface area contributed by atoms with E-state index < -0.39 is 5.82 Å². The summed E-state index contributed by atoms with van der Waals surface area (Å²) in [6, 6.07) is 6.63. The van der Waals surface area contributed by atoms with Crippen molar-refractivity contribution in [1.82, 2.24) is 30.1 Å². The number of rotatable bonds is 5. The van der Waals surface area contributed by atoms with Gasteiger partial charge in [-0.2, -0.15) is 0 Å². The first-order valence-corrected chi connectivity index (χ1v) is 9.90. The molecule has 30 heavy (non-hydrogen) atoms. The molecule has 8 nitrogen and oxygen atoms in total. The van der Waals surface area contributed by atoms with Crippen molar-refractivity contribution in [2.24, 2.45) is 5.92 Å². The topological polar surface area (TPSA) is 86.0 Å². The van der Waals surface area contributed by atoms with Gasteiger partial charge in [-0.05, 0) is 55.2 Å². The summed E-state index contributed by atoms with van der Waals surface area (Å²) in [5, 5.41) is 11.8. The van der Waals surface area contributed by atoms with Gasteiger partial charge >= 0.3 is 0 Å². The second-order valence-electron chi connectivity index (χ2n) is 7.51. The predicted molar refractivity (Wildman–Crippen MR) is 107 cm³/mol. The molecule has 0 aliphatic carbocycles. The maximum Gasteiger partial charge on any atom is 0.256 e. The highest BCUT2D eigenvalue weighted by atomic mass is 19.1. The van der Waals surface area contributed by atoms with E-state index in [1.807, 2.05) is 30.9 Å². The number of likely N-dealkylation sites (tertiary alicyclic amines) is 1. The minimum absolute atomic E-state index is 0.0480. The number of aromatic nitrogens is 5. The SMILES string of the molecule is Cc1ccc(-n2ncnn2)c(C(=O)N2CCCC(COc3ccc(F)cn3)C2)c1C. The molecular formula is C21H23FN6O2. The maximum absolute atomic E-state index is 13.5. The Bertz CT molecular complexity index is 1020. The average molecular weight is 410 g/mol. The molecule has 1 atom stereocenters. The Balaban J connectivity index is 1.51. The second kappa shape index (κ2) is 8.56. The molecule has 1 aliphatic heterocycles. The summed E-state index contributed by atoms with van der Waals surface area (Å²) >= 11 is 0. The van der Waals surface area contributed by atoms with Gasteiger partial charge in [0.05, 0.1) is 18.4 Å². The van der Waals surface area contributed by atoms with E-state index in [9.17, 15) is 9.18 Å². The Labute approximate surface area is 173 Å². The number of carbonyl (C=O) groups is 1. The number of benzene rings is 1. The van der Waals surface area contributed by atoms with E-state index in [0.717, 1.165) is 30.2 Å². The minimum Gasteiger partial charge on any atom is -0.477 e. The maximum atomic E-state index is 13.5. The number of pyridine rings is 1. The van der Waals surface area contributed by atoms with Gasteiger partial charge in [-0.1, -0.05) is 6.07 Å². The number of hydrogen-bond donors (Lipinski definition) is 0. The summed E-state index contributed by atoms with van der Waals surface area (Å²) in [7, 11) is 0. The van der Waals surface area contributed by atoms with Crippen LogP contribution in [0.4, 0.5) is 4.39 Å². The number of carbonyl (C=O) groups excluding carboxylic acids is 1. The number of tetrazole rings is 1. The number of hydrogen-bond acceptors (Lipinski definition) is 6. The summed E-state index contributed by atoms with van der Waals surface area (Å²) in [5.41, 5.74) is 3.15. The third-order valence-corrected chi connectivity index (χ3v) is 5.47. The molecule has 3 aromatic rings. The zero-order chi connectivity index (χ0) is 21.1. The van der Waals surface area contributed by atoms with Crippen LogP contribution in [-0.2, 0) is 0 Å². The molecule has 0 saturated carbocycles. The van der Waals surface area contributed by atoms with Crippen LogP contribution in [0.5, 0.6) is 5.88 Å². The first-order chi connectivity index (χ1) is 14.5. The average Bonchev–Trinajstić information content (AvgIpc) is 3.29. The van der Waals surface area contributed by atoms with Gasteiger partial charge in [-0.15, -0.1) is 15.0 Å².